The summed E-state index contributed by atoms with van der Waals surface area (Å²) in [4.78, 5) is 4.39. The zero-order chi connectivity index (χ0) is 33.6. The summed E-state index contributed by atoms with van der Waals surface area (Å²) in [6.07, 6.45) is 5.65. The number of nitrogens with one attached hydrogen (secondary N) is 1. The smallest absolute Gasteiger partial charge is 0.212 e. The van der Waals surface area contributed by atoms with E-state index in [-0.39, 0.29) is 0 Å². The molecule has 0 amide bonds. The molecule has 0 radical (unpaired) electrons. The average molecular weight is 656 g/mol. The lowest BCUT2D eigenvalue weighted by Crippen LogP contribution is -2.13. The third-order valence-corrected chi connectivity index (χ3v) is 10.1. The highest BCUT2D eigenvalue weighted by molar-refractivity contribution is 7.15. The zero-order valence-corrected chi connectivity index (χ0v) is 29.7. The molecule has 1 unspecified atom stereocenters. The molecule has 0 fully saturated rings. The summed E-state index contributed by atoms with van der Waals surface area (Å²) in [5.74, 6) is 0. The van der Waals surface area contributed by atoms with Gasteiger partial charge < -0.3 is 15.1 Å². The minimum atomic E-state index is 0.390. The Morgan fingerprint density at radius 3 is 2.06 bits per heavy atom. The molecule has 48 heavy (non-hydrogen) atoms. The molecule has 7 nitrogen and oxygen atoms in total. The van der Waals surface area contributed by atoms with Gasteiger partial charge in [-0.15, -0.1) is 20.4 Å². The molecule has 0 aliphatic heterocycles. The average Bonchev–Trinajstić information content (AvgIpc) is 3.59. The number of rotatable bonds is 13. The number of hydrogen-bond donors (Lipinski definition) is 1. The number of aromatic nitrogens is 2. The van der Waals surface area contributed by atoms with Crippen LogP contribution in [0.5, 0.6) is 0 Å². The summed E-state index contributed by atoms with van der Waals surface area (Å²) in [6, 6.07) is 32.2. The second kappa shape index (κ2) is 14.9. The van der Waals surface area contributed by atoms with Gasteiger partial charge in [-0.2, -0.15) is 0 Å². The molecule has 0 saturated carbocycles. The first-order valence-electron chi connectivity index (χ1n) is 17.0. The van der Waals surface area contributed by atoms with Gasteiger partial charge in [-0.3, -0.25) is 0 Å². The molecule has 5 aromatic carbocycles. The molecular formula is C40H45N7S. The van der Waals surface area contributed by atoms with Crippen LogP contribution in [0.3, 0.4) is 0 Å². The Bertz CT molecular complexity index is 2050. The van der Waals surface area contributed by atoms with E-state index in [4.69, 9.17) is 10.2 Å². The maximum Gasteiger partial charge on any atom is 0.212 e. The lowest BCUT2D eigenvalue weighted by molar-refractivity contribution is 0.710. The van der Waals surface area contributed by atoms with Crippen molar-refractivity contribution in [1.29, 1.82) is 0 Å². The number of unbranched alkanes of at least 4 members (excludes halogenated alkanes) is 2. The lowest BCUT2D eigenvalue weighted by Gasteiger charge is -2.24. The van der Waals surface area contributed by atoms with Crippen LogP contribution >= 0.6 is 11.3 Å². The van der Waals surface area contributed by atoms with E-state index in [1.165, 1.54) is 18.4 Å². The van der Waals surface area contributed by atoms with Crippen molar-refractivity contribution in [2.24, 2.45) is 10.2 Å². The predicted molar refractivity (Wildman–Crippen MR) is 206 cm³/mol. The highest BCUT2D eigenvalue weighted by Crippen LogP contribution is 2.40. The van der Waals surface area contributed by atoms with E-state index in [9.17, 15) is 0 Å². The van der Waals surface area contributed by atoms with Crippen LogP contribution in [0.2, 0.25) is 0 Å². The fraction of sp³-hybridized carbons (Fsp3) is 0.300. The zero-order valence-electron chi connectivity index (χ0n) is 28.9. The van der Waals surface area contributed by atoms with Crippen molar-refractivity contribution in [2.75, 3.05) is 29.2 Å². The topological polar surface area (TPSA) is 69.0 Å². The Balaban J connectivity index is 1.26. The van der Waals surface area contributed by atoms with E-state index in [0.717, 1.165) is 85.1 Å². The van der Waals surface area contributed by atoms with Crippen molar-refractivity contribution in [3.8, 4) is 0 Å². The van der Waals surface area contributed by atoms with Crippen LogP contribution in [-0.4, -0.2) is 30.3 Å². The van der Waals surface area contributed by atoms with Crippen LogP contribution in [-0.2, 0) is 6.42 Å². The number of aryl methyl sites for hydroxylation is 2. The highest BCUT2D eigenvalue weighted by atomic mass is 32.1. The van der Waals surface area contributed by atoms with Crippen LogP contribution < -0.4 is 15.1 Å². The van der Waals surface area contributed by atoms with E-state index >= 15 is 0 Å². The monoisotopic (exact) mass is 655 g/mol. The molecule has 6 rings (SSSR count). The maximum absolute atomic E-state index is 4.80. The number of azo groups is 1. The fourth-order valence-electron chi connectivity index (χ4n) is 6.09. The molecule has 0 saturated heterocycles. The lowest BCUT2D eigenvalue weighted by atomic mass is 10.1. The van der Waals surface area contributed by atoms with Gasteiger partial charge >= 0.3 is 0 Å². The van der Waals surface area contributed by atoms with Gasteiger partial charge in [0.05, 0.1) is 11.4 Å². The van der Waals surface area contributed by atoms with Crippen molar-refractivity contribution in [1.82, 2.24) is 10.2 Å². The molecular weight excluding hydrogens is 611 g/mol. The van der Waals surface area contributed by atoms with Gasteiger partial charge in [0.15, 0.2) is 0 Å². The number of nitrogens with zero attached hydrogens (tertiary/aromatic N) is 6. The van der Waals surface area contributed by atoms with E-state index in [1.807, 2.05) is 0 Å². The third kappa shape index (κ3) is 7.04. The normalized spacial score (nSPS) is 12.2. The van der Waals surface area contributed by atoms with Crippen molar-refractivity contribution >= 4 is 72.1 Å². The van der Waals surface area contributed by atoms with Gasteiger partial charge in [0.25, 0.3) is 0 Å². The van der Waals surface area contributed by atoms with Crippen molar-refractivity contribution in [3.63, 3.8) is 0 Å². The quantitative estimate of drug-likeness (QED) is 0.0990. The summed E-state index contributed by atoms with van der Waals surface area (Å²) >= 11 is 1.69. The molecule has 1 atom stereocenters. The van der Waals surface area contributed by atoms with Crippen LogP contribution in [0, 0.1) is 6.92 Å². The van der Waals surface area contributed by atoms with E-state index < -0.39 is 0 Å². The molecule has 0 spiro atoms. The van der Waals surface area contributed by atoms with Crippen LogP contribution in [0.4, 0.5) is 39.3 Å². The fourth-order valence-corrected chi connectivity index (χ4v) is 6.95. The molecule has 1 aromatic heterocycles. The number of anilines is 5. The molecule has 0 aliphatic rings. The predicted octanol–water partition coefficient (Wildman–Crippen LogP) is 12.0. The van der Waals surface area contributed by atoms with Gasteiger partial charge in [-0.05, 0) is 74.7 Å². The molecule has 1 heterocycles. The first kappa shape index (κ1) is 33.1. The Kier molecular flexibility index (Phi) is 10.3. The Morgan fingerprint density at radius 2 is 1.38 bits per heavy atom. The Hall–Kier alpha value is -4.82. The van der Waals surface area contributed by atoms with Crippen molar-refractivity contribution in [3.05, 3.63) is 102 Å². The SMILES string of the molecule is CCCCCc1nnc(N(C)c2ccc(N(C)c3ccc(N=Nc4ccc(NC(C)CC)c5ccccc45)c4ccccc34)cc2C)s1. The first-order valence-corrected chi connectivity index (χ1v) is 17.8. The van der Waals surface area contributed by atoms with Gasteiger partial charge in [0.1, 0.15) is 5.01 Å². The standard InChI is InChI=1S/C40H45N7S/c1-7-9-10-19-39-44-45-40(48-39)47(6)37-24-20-29(26-27(37)3)46(5)38-25-23-36(32-17-13-14-18-33(32)38)43-42-35-22-21-34(41-28(4)8-2)30-15-11-12-16-31(30)35/h11-18,20-26,28,41H,7-10,19H2,1-6H3. The second-order valence-electron chi connectivity index (χ2n) is 12.5. The summed E-state index contributed by atoms with van der Waals surface area (Å²) in [5.41, 5.74) is 7.34. The van der Waals surface area contributed by atoms with Crippen LogP contribution in [0.15, 0.2) is 101 Å². The van der Waals surface area contributed by atoms with Crippen molar-refractivity contribution in [2.45, 2.75) is 65.8 Å². The molecule has 246 valence electrons. The van der Waals surface area contributed by atoms with Crippen LogP contribution in [0.1, 0.15) is 57.0 Å². The maximum atomic E-state index is 4.80. The Labute approximate surface area is 288 Å². The molecule has 6 aromatic rings. The second-order valence-corrected chi connectivity index (χ2v) is 13.5. The largest absolute Gasteiger partial charge is 0.382 e. The van der Waals surface area contributed by atoms with Gasteiger partial charge in [-0.25, -0.2) is 0 Å². The summed E-state index contributed by atoms with van der Waals surface area (Å²) < 4.78 is 0. The Morgan fingerprint density at radius 1 is 0.729 bits per heavy atom. The highest BCUT2D eigenvalue weighted by Gasteiger charge is 2.16. The van der Waals surface area contributed by atoms with Crippen LogP contribution in [0.25, 0.3) is 21.5 Å². The van der Waals surface area contributed by atoms with Gasteiger partial charge in [0.2, 0.25) is 5.13 Å². The summed E-state index contributed by atoms with van der Waals surface area (Å²) in [5, 5.41) is 28.6. The van der Waals surface area contributed by atoms with E-state index in [0.29, 0.717) is 6.04 Å². The minimum absolute atomic E-state index is 0.390. The van der Waals surface area contributed by atoms with Gasteiger partial charge in [-0.1, -0.05) is 86.6 Å². The molecule has 8 heteroatoms. The number of benzene rings is 5. The van der Waals surface area contributed by atoms with Crippen molar-refractivity contribution < 1.29 is 0 Å². The molecule has 0 aliphatic carbocycles. The number of fused-ring (bicyclic) bond motifs is 2. The van der Waals surface area contributed by atoms with E-state index in [2.05, 4.69) is 158 Å². The minimum Gasteiger partial charge on any atom is -0.382 e. The number of hydrogen-bond acceptors (Lipinski definition) is 8. The first-order chi connectivity index (χ1) is 23.4. The third-order valence-electron chi connectivity index (χ3n) is 9.09. The molecule has 1 N–H and O–H groups in total. The molecule has 0 bridgehead atoms. The van der Waals surface area contributed by atoms with E-state index in [1.54, 1.807) is 11.3 Å². The summed E-state index contributed by atoms with van der Waals surface area (Å²) in [7, 11) is 4.19. The van der Waals surface area contributed by atoms with Gasteiger partial charge in [0, 0.05) is 70.9 Å². The summed E-state index contributed by atoms with van der Waals surface area (Å²) in [6.45, 7) is 8.78.